The van der Waals surface area contributed by atoms with Crippen LogP contribution in [0.25, 0.3) is 0 Å². The van der Waals surface area contributed by atoms with E-state index in [-0.39, 0.29) is 23.8 Å². The molecule has 1 aromatic rings. The predicted molar refractivity (Wildman–Crippen MR) is 97.6 cm³/mol. The molecule has 1 aliphatic heterocycles. The highest BCUT2D eigenvalue weighted by atomic mass is 16.5. The molecule has 0 radical (unpaired) electrons. The fourth-order valence-corrected chi connectivity index (χ4v) is 2.94. The van der Waals surface area contributed by atoms with Gasteiger partial charge in [-0.05, 0) is 32.6 Å². The first-order valence-corrected chi connectivity index (χ1v) is 9.31. The molecule has 8 heteroatoms. The third-order valence-corrected chi connectivity index (χ3v) is 5.09. The zero-order valence-electron chi connectivity index (χ0n) is 16.5. The van der Waals surface area contributed by atoms with Crippen LogP contribution >= 0.6 is 0 Å². The summed E-state index contributed by atoms with van der Waals surface area (Å²) in [4.78, 5) is 26.7. The van der Waals surface area contributed by atoms with Crippen molar-refractivity contribution >= 4 is 11.8 Å². The summed E-state index contributed by atoms with van der Waals surface area (Å²) >= 11 is 0. The van der Waals surface area contributed by atoms with E-state index in [0.717, 1.165) is 6.42 Å². The van der Waals surface area contributed by atoms with Crippen LogP contribution in [0.1, 0.15) is 51.0 Å². The first-order valence-electron chi connectivity index (χ1n) is 9.31. The average Bonchev–Trinajstić information content (AvgIpc) is 3.26. The SMILES string of the molecule is CCn1cc(C(=O)N(C)CCC(NC(=O)C2(C)CCOC2)C(C)C)nn1. The summed E-state index contributed by atoms with van der Waals surface area (Å²) in [6, 6.07) is 0.00139. The second-order valence-corrected chi connectivity index (χ2v) is 7.66. The molecule has 1 aromatic heterocycles. The number of hydrogen-bond donors (Lipinski definition) is 1. The van der Waals surface area contributed by atoms with Crippen molar-refractivity contribution in [3.63, 3.8) is 0 Å². The van der Waals surface area contributed by atoms with Gasteiger partial charge in [0.25, 0.3) is 5.91 Å². The number of aryl methyl sites for hydroxylation is 1. The number of carbonyl (C=O) groups is 2. The molecule has 1 aliphatic rings. The Labute approximate surface area is 155 Å². The Bertz CT molecular complexity index is 622. The van der Waals surface area contributed by atoms with Crippen LogP contribution in [0, 0.1) is 11.3 Å². The van der Waals surface area contributed by atoms with E-state index < -0.39 is 5.41 Å². The molecule has 1 N–H and O–H groups in total. The lowest BCUT2D eigenvalue weighted by atomic mass is 9.87. The Morgan fingerprint density at radius 3 is 2.73 bits per heavy atom. The van der Waals surface area contributed by atoms with E-state index in [1.54, 1.807) is 22.8 Å². The lowest BCUT2D eigenvalue weighted by molar-refractivity contribution is -0.131. The Hall–Kier alpha value is -1.96. The minimum atomic E-state index is -0.451. The van der Waals surface area contributed by atoms with E-state index >= 15 is 0 Å². The molecule has 0 aliphatic carbocycles. The maximum Gasteiger partial charge on any atom is 0.275 e. The number of rotatable bonds is 8. The van der Waals surface area contributed by atoms with Crippen LogP contribution in [0.5, 0.6) is 0 Å². The van der Waals surface area contributed by atoms with Crippen molar-refractivity contribution in [2.75, 3.05) is 26.8 Å². The van der Waals surface area contributed by atoms with Gasteiger partial charge in [0.05, 0.1) is 18.2 Å². The molecule has 8 nitrogen and oxygen atoms in total. The number of hydrogen-bond acceptors (Lipinski definition) is 5. The Morgan fingerprint density at radius 1 is 1.46 bits per heavy atom. The van der Waals surface area contributed by atoms with Gasteiger partial charge in [0, 0.05) is 32.8 Å². The van der Waals surface area contributed by atoms with Crippen LogP contribution < -0.4 is 5.32 Å². The number of nitrogens with one attached hydrogen (secondary N) is 1. The van der Waals surface area contributed by atoms with Gasteiger partial charge >= 0.3 is 0 Å². The van der Waals surface area contributed by atoms with Gasteiger partial charge in [-0.25, -0.2) is 0 Å². The van der Waals surface area contributed by atoms with Crippen molar-refractivity contribution in [3.05, 3.63) is 11.9 Å². The van der Waals surface area contributed by atoms with E-state index in [9.17, 15) is 9.59 Å². The standard InChI is InChI=1S/C18H31N5O3/c1-6-23-11-15(20-21-23)16(24)22(5)9-7-14(13(2)3)19-17(25)18(4)8-10-26-12-18/h11,13-14H,6-10,12H2,1-5H3,(H,19,25). The third kappa shape index (κ3) is 4.81. The lowest BCUT2D eigenvalue weighted by Gasteiger charge is -2.29. The summed E-state index contributed by atoms with van der Waals surface area (Å²) in [5, 5.41) is 11.0. The number of ether oxygens (including phenoxy) is 1. The van der Waals surface area contributed by atoms with Crippen LogP contribution in [0.2, 0.25) is 0 Å². The monoisotopic (exact) mass is 365 g/mol. The quantitative estimate of drug-likeness (QED) is 0.751. The molecule has 0 spiro atoms. The average molecular weight is 365 g/mol. The minimum absolute atomic E-state index is 0.00139. The fraction of sp³-hybridized carbons (Fsp3) is 0.778. The first kappa shape index (κ1) is 20.4. The first-order chi connectivity index (χ1) is 12.3. The van der Waals surface area contributed by atoms with Crippen molar-refractivity contribution in [1.82, 2.24) is 25.2 Å². The molecule has 146 valence electrons. The second kappa shape index (κ2) is 8.62. The second-order valence-electron chi connectivity index (χ2n) is 7.66. The normalized spacial score (nSPS) is 21.0. The molecule has 0 saturated carbocycles. The summed E-state index contributed by atoms with van der Waals surface area (Å²) in [6.45, 7) is 10.3. The molecular weight excluding hydrogens is 334 g/mol. The topological polar surface area (TPSA) is 89.4 Å². The summed E-state index contributed by atoms with van der Waals surface area (Å²) < 4.78 is 7.01. The van der Waals surface area contributed by atoms with Crippen LogP contribution in [-0.2, 0) is 16.1 Å². The van der Waals surface area contributed by atoms with Crippen molar-refractivity contribution in [2.45, 2.75) is 53.1 Å². The molecule has 0 bridgehead atoms. The van der Waals surface area contributed by atoms with E-state index in [4.69, 9.17) is 4.74 Å². The van der Waals surface area contributed by atoms with Crippen molar-refractivity contribution in [2.24, 2.45) is 11.3 Å². The molecule has 26 heavy (non-hydrogen) atoms. The molecule has 2 atom stereocenters. The number of carbonyl (C=O) groups excluding carboxylic acids is 2. The lowest BCUT2D eigenvalue weighted by Crippen LogP contribution is -2.47. The van der Waals surface area contributed by atoms with Gasteiger partial charge in [-0.3, -0.25) is 14.3 Å². The fourth-order valence-electron chi connectivity index (χ4n) is 2.94. The van der Waals surface area contributed by atoms with Crippen LogP contribution in [-0.4, -0.2) is 64.6 Å². The summed E-state index contributed by atoms with van der Waals surface area (Å²) in [6.07, 6.45) is 3.08. The highest BCUT2D eigenvalue weighted by molar-refractivity contribution is 5.91. The largest absolute Gasteiger partial charge is 0.380 e. The molecule has 2 unspecified atom stereocenters. The summed E-state index contributed by atoms with van der Waals surface area (Å²) in [5.41, 5.74) is -0.108. The molecule has 1 saturated heterocycles. The molecule has 2 rings (SSSR count). The van der Waals surface area contributed by atoms with Gasteiger partial charge in [-0.1, -0.05) is 19.1 Å². The highest BCUT2D eigenvalue weighted by Gasteiger charge is 2.38. The van der Waals surface area contributed by atoms with Gasteiger partial charge in [0.15, 0.2) is 5.69 Å². The summed E-state index contributed by atoms with van der Waals surface area (Å²) in [5.74, 6) is 0.151. The number of aromatic nitrogens is 3. The predicted octanol–water partition coefficient (Wildman–Crippen LogP) is 1.33. The van der Waals surface area contributed by atoms with Crippen molar-refractivity contribution in [1.29, 1.82) is 0 Å². The van der Waals surface area contributed by atoms with Gasteiger partial charge in [0.2, 0.25) is 5.91 Å². The van der Waals surface area contributed by atoms with E-state index in [1.807, 2.05) is 13.8 Å². The summed E-state index contributed by atoms with van der Waals surface area (Å²) in [7, 11) is 1.75. The van der Waals surface area contributed by atoms with Crippen LogP contribution in [0.4, 0.5) is 0 Å². The van der Waals surface area contributed by atoms with E-state index in [0.29, 0.717) is 38.4 Å². The van der Waals surface area contributed by atoms with Gasteiger partial charge in [-0.2, -0.15) is 0 Å². The number of nitrogens with zero attached hydrogens (tertiary/aromatic N) is 4. The maximum atomic E-state index is 12.6. The smallest absolute Gasteiger partial charge is 0.275 e. The van der Waals surface area contributed by atoms with Crippen LogP contribution in [0.15, 0.2) is 6.20 Å². The number of amides is 2. The molecule has 2 heterocycles. The highest BCUT2D eigenvalue weighted by Crippen LogP contribution is 2.28. The van der Waals surface area contributed by atoms with Gasteiger partial charge in [0.1, 0.15) is 0 Å². The van der Waals surface area contributed by atoms with Crippen molar-refractivity contribution in [3.8, 4) is 0 Å². The Morgan fingerprint density at radius 2 is 2.19 bits per heavy atom. The zero-order chi connectivity index (χ0) is 19.3. The molecule has 1 fully saturated rings. The van der Waals surface area contributed by atoms with Crippen molar-refractivity contribution < 1.29 is 14.3 Å². The Kier molecular flexibility index (Phi) is 6.75. The molecule has 2 amide bonds. The van der Waals surface area contributed by atoms with Crippen LogP contribution in [0.3, 0.4) is 0 Å². The zero-order valence-corrected chi connectivity index (χ0v) is 16.5. The maximum absolute atomic E-state index is 12.6. The Balaban J connectivity index is 1.90. The minimum Gasteiger partial charge on any atom is -0.380 e. The third-order valence-electron chi connectivity index (χ3n) is 5.09. The molecule has 0 aromatic carbocycles. The molecular formula is C18H31N5O3. The van der Waals surface area contributed by atoms with Gasteiger partial charge in [-0.15, -0.1) is 5.10 Å². The van der Waals surface area contributed by atoms with E-state index in [1.165, 1.54) is 0 Å². The van der Waals surface area contributed by atoms with Gasteiger partial charge < -0.3 is 15.0 Å². The van der Waals surface area contributed by atoms with E-state index in [2.05, 4.69) is 29.5 Å².